The molecule has 1 saturated heterocycles. The number of rotatable bonds is 4. The molecular formula is C15H27N3O3. The second kappa shape index (κ2) is 6.64. The second-order valence-electron chi connectivity index (χ2n) is 6.75. The molecule has 0 aromatic carbocycles. The van der Waals surface area contributed by atoms with Crippen LogP contribution in [0.25, 0.3) is 0 Å². The standard InChI is InChI=1S/C15H27N3O3/c1-11-9-18(2)8-5-12(11)17-14(21)16-10-15(13(19)20)6-3-4-7-15/h11-12H,3-10H2,1-2H3,(H,19,20)(H2,16,17,21). The molecule has 1 saturated carbocycles. The van der Waals surface area contributed by atoms with E-state index in [1.54, 1.807) is 0 Å². The fourth-order valence-corrected chi connectivity index (χ4v) is 3.56. The van der Waals surface area contributed by atoms with Crippen LogP contribution < -0.4 is 10.6 Å². The number of aliphatic carboxylic acids is 1. The first kappa shape index (κ1) is 16.1. The van der Waals surface area contributed by atoms with E-state index in [1.165, 1.54) is 0 Å². The van der Waals surface area contributed by atoms with Crippen LogP contribution in [-0.4, -0.2) is 54.7 Å². The number of nitrogens with one attached hydrogen (secondary N) is 2. The predicted molar refractivity (Wildman–Crippen MR) is 80.1 cm³/mol. The number of likely N-dealkylation sites (tertiary alicyclic amines) is 1. The van der Waals surface area contributed by atoms with Gasteiger partial charge in [-0.2, -0.15) is 0 Å². The van der Waals surface area contributed by atoms with E-state index in [9.17, 15) is 14.7 Å². The van der Waals surface area contributed by atoms with Crippen molar-refractivity contribution in [2.45, 2.75) is 45.1 Å². The minimum Gasteiger partial charge on any atom is -0.481 e. The Bertz CT molecular complexity index is 394. The fourth-order valence-electron chi connectivity index (χ4n) is 3.56. The molecule has 0 aromatic heterocycles. The van der Waals surface area contributed by atoms with Crippen molar-refractivity contribution < 1.29 is 14.7 Å². The number of carboxylic acids is 1. The lowest BCUT2D eigenvalue weighted by Gasteiger charge is -2.35. The van der Waals surface area contributed by atoms with E-state index < -0.39 is 11.4 Å². The third-order valence-corrected chi connectivity index (χ3v) is 5.03. The lowest BCUT2D eigenvalue weighted by molar-refractivity contribution is -0.148. The quantitative estimate of drug-likeness (QED) is 0.730. The van der Waals surface area contributed by atoms with Gasteiger partial charge in [0.2, 0.25) is 0 Å². The number of nitrogens with zero attached hydrogens (tertiary/aromatic N) is 1. The van der Waals surface area contributed by atoms with Crippen molar-refractivity contribution in [3.05, 3.63) is 0 Å². The number of carbonyl (C=O) groups excluding carboxylic acids is 1. The summed E-state index contributed by atoms with van der Waals surface area (Å²) in [6.45, 7) is 4.32. The second-order valence-corrected chi connectivity index (χ2v) is 6.75. The van der Waals surface area contributed by atoms with Gasteiger partial charge in [0.05, 0.1) is 5.41 Å². The fraction of sp³-hybridized carbons (Fsp3) is 0.867. The summed E-state index contributed by atoms with van der Waals surface area (Å²) in [7, 11) is 2.09. The van der Waals surface area contributed by atoms with Crippen LogP contribution in [-0.2, 0) is 4.79 Å². The maximum absolute atomic E-state index is 12.0. The maximum Gasteiger partial charge on any atom is 0.315 e. The predicted octanol–water partition coefficient (Wildman–Crippen LogP) is 1.27. The van der Waals surface area contributed by atoms with Gasteiger partial charge in [0.25, 0.3) is 0 Å². The van der Waals surface area contributed by atoms with E-state index in [1.807, 2.05) is 0 Å². The Balaban J connectivity index is 1.80. The summed E-state index contributed by atoms with van der Waals surface area (Å²) in [4.78, 5) is 25.7. The van der Waals surface area contributed by atoms with Gasteiger partial charge >= 0.3 is 12.0 Å². The van der Waals surface area contributed by atoms with E-state index in [2.05, 4.69) is 29.5 Å². The molecular weight excluding hydrogens is 270 g/mol. The molecule has 1 aliphatic heterocycles. The van der Waals surface area contributed by atoms with Crippen LogP contribution in [0, 0.1) is 11.3 Å². The lowest BCUT2D eigenvalue weighted by Crippen LogP contribution is -2.53. The molecule has 2 rings (SSSR count). The summed E-state index contributed by atoms with van der Waals surface area (Å²) in [6, 6.07) is -0.0607. The first-order valence-corrected chi connectivity index (χ1v) is 7.89. The van der Waals surface area contributed by atoms with Crippen LogP contribution in [0.15, 0.2) is 0 Å². The topological polar surface area (TPSA) is 81.7 Å². The highest BCUT2D eigenvalue weighted by Gasteiger charge is 2.41. The molecule has 2 unspecified atom stereocenters. The van der Waals surface area contributed by atoms with Crippen molar-refractivity contribution in [3.8, 4) is 0 Å². The SMILES string of the molecule is CC1CN(C)CCC1NC(=O)NCC1(C(=O)O)CCCC1. The van der Waals surface area contributed by atoms with Crippen molar-refractivity contribution in [2.24, 2.45) is 11.3 Å². The molecule has 0 spiro atoms. The Hall–Kier alpha value is -1.30. The number of hydrogen-bond acceptors (Lipinski definition) is 3. The molecule has 120 valence electrons. The number of carbonyl (C=O) groups is 2. The summed E-state index contributed by atoms with van der Waals surface area (Å²) in [5, 5.41) is 15.2. The van der Waals surface area contributed by atoms with Crippen molar-refractivity contribution in [2.75, 3.05) is 26.7 Å². The maximum atomic E-state index is 12.0. The van der Waals surface area contributed by atoms with Gasteiger partial charge in [-0.3, -0.25) is 4.79 Å². The zero-order valence-corrected chi connectivity index (χ0v) is 13.0. The minimum atomic E-state index is -0.784. The Kier molecular flexibility index (Phi) is 5.08. The van der Waals surface area contributed by atoms with Crippen molar-refractivity contribution in [1.82, 2.24) is 15.5 Å². The molecule has 21 heavy (non-hydrogen) atoms. The molecule has 0 aromatic rings. The first-order chi connectivity index (χ1) is 9.93. The number of amides is 2. The first-order valence-electron chi connectivity index (χ1n) is 7.89. The van der Waals surface area contributed by atoms with Gasteiger partial charge in [-0.25, -0.2) is 4.79 Å². The van der Waals surface area contributed by atoms with E-state index in [0.29, 0.717) is 18.8 Å². The van der Waals surface area contributed by atoms with Gasteiger partial charge < -0.3 is 20.6 Å². The van der Waals surface area contributed by atoms with Crippen LogP contribution in [0.5, 0.6) is 0 Å². The van der Waals surface area contributed by atoms with Gasteiger partial charge in [0, 0.05) is 19.1 Å². The van der Waals surface area contributed by atoms with Crippen molar-refractivity contribution in [3.63, 3.8) is 0 Å². The van der Waals surface area contributed by atoms with Crippen LogP contribution in [0.2, 0.25) is 0 Å². The highest BCUT2D eigenvalue weighted by atomic mass is 16.4. The van der Waals surface area contributed by atoms with Crippen LogP contribution in [0.3, 0.4) is 0 Å². The minimum absolute atomic E-state index is 0.172. The molecule has 2 amide bonds. The zero-order chi connectivity index (χ0) is 15.5. The monoisotopic (exact) mass is 297 g/mol. The van der Waals surface area contributed by atoms with Gasteiger partial charge in [0.1, 0.15) is 0 Å². The Morgan fingerprint density at radius 3 is 2.57 bits per heavy atom. The molecule has 2 aliphatic rings. The van der Waals surface area contributed by atoms with Crippen molar-refractivity contribution in [1.29, 1.82) is 0 Å². The molecule has 1 aliphatic carbocycles. The summed E-state index contributed by atoms with van der Waals surface area (Å²) in [6.07, 6.45) is 4.12. The lowest BCUT2D eigenvalue weighted by atomic mass is 9.86. The van der Waals surface area contributed by atoms with Gasteiger partial charge in [-0.05, 0) is 38.8 Å². The van der Waals surface area contributed by atoms with Crippen LogP contribution >= 0.6 is 0 Å². The van der Waals surface area contributed by atoms with E-state index in [-0.39, 0.29) is 18.6 Å². The van der Waals surface area contributed by atoms with E-state index >= 15 is 0 Å². The summed E-state index contributed by atoms with van der Waals surface area (Å²) < 4.78 is 0. The third-order valence-electron chi connectivity index (χ3n) is 5.03. The molecule has 0 radical (unpaired) electrons. The number of hydrogen-bond donors (Lipinski definition) is 3. The molecule has 3 N–H and O–H groups in total. The zero-order valence-electron chi connectivity index (χ0n) is 13.0. The van der Waals surface area contributed by atoms with E-state index in [0.717, 1.165) is 32.4 Å². The molecule has 6 heteroatoms. The Labute approximate surface area is 126 Å². The summed E-state index contributed by atoms with van der Waals surface area (Å²) >= 11 is 0. The summed E-state index contributed by atoms with van der Waals surface area (Å²) in [5.74, 6) is -0.373. The van der Waals surface area contributed by atoms with Crippen molar-refractivity contribution >= 4 is 12.0 Å². The Morgan fingerprint density at radius 2 is 2.00 bits per heavy atom. The largest absolute Gasteiger partial charge is 0.481 e. The van der Waals surface area contributed by atoms with Gasteiger partial charge in [-0.1, -0.05) is 19.8 Å². The summed E-state index contributed by atoms with van der Waals surface area (Å²) in [5.41, 5.74) is -0.754. The van der Waals surface area contributed by atoms with Gasteiger partial charge in [0.15, 0.2) is 0 Å². The highest BCUT2D eigenvalue weighted by Crippen LogP contribution is 2.37. The third kappa shape index (κ3) is 3.87. The Morgan fingerprint density at radius 1 is 1.33 bits per heavy atom. The van der Waals surface area contributed by atoms with Crippen LogP contribution in [0.1, 0.15) is 39.0 Å². The average Bonchev–Trinajstić information content (AvgIpc) is 2.90. The average molecular weight is 297 g/mol. The number of carboxylic acid groups (broad SMARTS) is 1. The molecule has 2 fully saturated rings. The van der Waals surface area contributed by atoms with Crippen LogP contribution in [0.4, 0.5) is 4.79 Å². The molecule has 0 bridgehead atoms. The van der Waals surface area contributed by atoms with E-state index in [4.69, 9.17) is 0 Å². The molecule has 2 atom stereocenters. The smallest absolute Gasteiger partial charge is 0.315 e. The molecule has 6 nitrogen and oxygen atoms in total. The number of piperidine rings is 1. The normalized spacial score (nSPS) is 29.0. The highest BCUT2D eigenvalue weighted by molar-refractivity contribution is 5.78. The van der Waals surface area contributed by atoms with Gasteiger partial charge in [-0.15, -0.1) is 0 Å². The number of urea groups is 1. The molecule has 1 heterocycles.